The van der Waals surface area contributed by atoms with Crippen molar-refractivity contribution in [2.24, 2.45) is 0 Å². The van der Waals surface area contributed by atoms with E-state index in [4.69, 9.17) is 9.47 Å². The van der Waals surface area contributed by atoms with Crippen LogP contribution in [-0.4, -0.2) is 17.7 Å². The summed E-state index contributed by atoms with van der Waals surface area (Å²) in [6.45, 7) is 10.7. The van der Waals surface area contributed by atoms with Crippen LogP contribution in [0.1, 0.15) is 52.4 Å². The second-order valence-electron chi connectivity index (χ2n) is 4.37. The Kier molecular flexibility index (Phi) is 8.58. The van der Waals surface area contributed by atoms with Crippen molar-refractivity contribution in [1.82, 2.24) is 0 Å². The summed E-state index contributed by atoms with van der Waals surface area (Å²) in [5.74, 6) is -2.36. The highest BCUT2D eigenvalue weighted by Crippen LogP contribution is 2.28. The van der Waals surface area contributed by atoms with Crippen LogP contribution in [0.4, 0.5) is 0 Å². The first-order valence-electron chi connectivity index (χ1n) is 6.74. The Balaban J connectivity index is 4.95. The van der Waals surface area contributed by atoms with E-state index in [1.807, 2.05) is 6.92 Å². The number of ether oxygens (including phenoxy) is 2. The molecule has 4 nitrogen and oxygen atoms in total. The van der Waals surface area contributed by atoms with Gasteiger partial charge in [0.05, 0.1) is 0 Å². The molecule has 4 heteroatoms. The first-order chi connectivity index (χ1) is 9.03. The van der Waals surface area contributed by atoms with Gasteiger partial charge in [-0.2, -0.15) is 0 Å². The molecule has 0 unspecified atom stereocenters. The minimum absolute atomic E-state index is 0.468. The van der Waals surface area contributed by atoms with Gasteiger partial charge in [0, 0.05) is 25.0 Å². The molecule has 0 aromatic carbocycles. The molecule has 0 amide bonds. The van der Waals surface area contributed by atoms with E-state index in [9.17, 15) is 9.59 Å². The largest absolute Gasteiger partial charge is 0.419 e. The van der Waals surface area contributed by atoms with Crippen LogP contribution in [-0.2, 0) is 19.1 Å². The van der Waals surface area contributed by atoms with Crippen LogP contribution in [0.3, 0.4) is 0 Å². The molecule has 0 aromatic rings. The van der Waals surface area contributed by atoms with Crippen LogP contribution in [0.5, 0.6) is 0 Å². The molecule has 0 rings (SSSR count). The minimum atomic E-state index is -1.19. The lowest BCUT2D eigenvalue weighted by molar-refractivity contribution is -0.228. The second-order valence-corrected chi connectivity index (χ2v) is 4.37. The van der Waals surface area contributed by atoms with Gasteiger partial charge in [0.15, 0.2) is 0 Å². The minimum Gasteiger partial charge on any atom is -0.419 e. The fraction of sp³-hybridized carbons (Fsp3) is 0.600. The van der Waals surface area contributed by atoms with E-state index in [1.54, 1.807) is 0 Å². The highest BCUT2D eigenvalue weighted by atomic mass is 16.7. The van der Waals surface area contributed by atoms with E-state index in [0.29, 0.717) is 12.8 Å². The number of esters is 2. The van der Waals surface area contributed by atoms with Gasteiger partial charge in [0.1, 0.15) is 0 Å². The van der Waals surface area contributed by atoms with Gasteiger partial charge in [0.25, 0.3) is 5.79 Å². The van der Waals surface area contributed by atoms with E-state index >= 15 is 0 Å². The molecule has 0 saturated heterocycles. The molecule has 0 aliphatic carbocycles. The highest BCUT2D eigenvalue weighted by molar-refractivity contribution is 5.83. The lowest BCUT2D eigenvalue weighted by atomic mass is 10.0. The lowest BCUT2D eigenvalue weighted by Crippen LogP contribution is -2.39. The van der Waals surface area contributed by atoms with Crippen LogP contribution < -0.4 is 0 Å². The number of rotatable bonds is 10. The third-order valence-electron chi connectivity index (χ3n) is 2.70. The summed E-state index contributed by atoms with van der Waals surface area (Å²) in [5.41, 5.74) is 0. The molecule has 108 valence electrons. The first-order valence-corrected chi connectivity index (χ1v) is 6.74. The molecule has 0 radical (unpaired) electrons. The third-order valence-corrected chi connectivity index (χ3v) is 2.70. The van der Waals surface area contributed by atoms with Crippen LogP contribution in [0.25, 0.3) is 0 Å². The van der Waals surface area contributed by atoms with Gasteiger partial charge >= 0.3 is 11.9 Å². The maximum Gasteiger partial charge on any atom is 0.333 e. The number of hydrogen-bond acceptors (Lipinski definition) is 4. The average molecular weight is 268 g/mol. The van der Waals surface area contributed by atoms with Crippen LogP contribution >= 0.6 is 0 Å². The maximum absolute atomic E-state index is 11.4. The molecule has 0 atom stereocenters. The van der Waals surface area contributed by atoms with Crippen molar-refractivity contribution >= 4 is 11.9 Å². The Bertz CT molecular complexity index is 298. The third kappa shape index (κ3) is 6.79. The normalized spacial score (nSPS) is 10.6. The summed E-state index contributed by atoms with van der Waals surface area (Å²) in [6, 6.07) is 0. The van der Waals surface area contributed by atoms with E-state index in [2.05, 4.69) is 20.1 Å². The smallest absolute Gasteiger partial charge is 0.333 e. The van der Waals surface area contributed by atoms with Crippen LogP contribution in [0, 0.1) is 0 Å². The van der Waals surface area contributed by atoms with E-state index in [1.165, 1.54) is 0 Å². The van der Waals surface area contributed by atoms with Crippen LogP contribution in [0.15, 0.2) is 25.3 Å². The Hall–Kier alpha value is -1.58. The molecule has 0 heterocycles. The van der Waals surface area contributed by atoms with E-state index < -0.39 is 17.7 Å². The maximum atomic E-state index is 11.4. The average Bonchev–Trinajstić information content (AvgIpc) is 2.39. The summed E-state index contributed by atoms with van der Waals surface area (Å²) < 4.78 is 10.6. The van der Waals surface area contributed by atoms with Gasteiger partial charge in [-0.25, -0.2) is 9.59 Å². The molecule has 0 aliphatic rings. The van der Waals surface area contributed by atoms with Crippen molar-refractivity contribution in [2.75, 3.05) is 0 Å². The standard InChI is InChI=1S/C15H24O4/c1-5-9-10-12-15(11-6-2,18-13(16)7-3)19-14(17)8-4/h7-8H,3-6,9-12H2,1-2H3. The van der Waals surface area contributed by atoms with Gasteiger partial charge < -0.3 is 9.47 Å². The zero-order chi connectivity index (χ0) is 14.7. The molecule has 0 aliphatic heterocycles. The van der Waals surface area contributed by atoms with Crippen molar-refractivity contribution in [3.05, 3.63) is 25.3 Å². The number of unbranched alkanes of at least 4 members (excludes halogenated alkanes) is 2. The zero-order valence-corrected chi connectivity index (χ0v) is 11.9. The summed E-state index contributed by atoms with van der Waals surface area (Å²) in [6.07, 6.45) is 6.70. The molecular weight excluding hydrogens is 244 g/mol. The molecule has 0 N–H and O–H groups in total. The summed E-state index contributed by atoms with van der Waals surface area (Å²) in [7, 11) is 0. The fourth-order valence-electron chi connectivity index (χ4n) is 1.83. The SMILES string of the molecule is C=CC(=O)OC(CCC)(CCCCC)OC(=O)C=C. The first kappa shape index (κ1) is 17.4. The predicted molar refractivity (Wildman–Crippen MR) is 74.4 cm³/mol. The van der Waals surface area contributed by atoms with Gasteiger partial charge in [-0.3, -0.25) is 0 Å². The van der Waals surface area contributed by atoms with E-state index in [-0.39, 0.29) is 0 Å². The molecule has 19 heavy (non-hydrogen) atoms. The van der Waals surface area contributed by atoms with Crippen molar-refractivity contribution in [1.29, 1.82) is 0 Å². The zero-order valence-electron chi connectivity index (χ0n) is 11.9. The van der Waals surface area contributed by atoms with Crippen molar-refractivity contribution in [3.63, 3.8) is 0 Å². The monoisotopic (exact) mass is 268 g/mol. The Morgan fingerprint density at radius 3 is 1.84 bits per heavy atom. The highest BCUT2D eigenvalue weighted by Gasteiger charge is 2.36. The number of hydrogen-bond donors (Lipinski definition) is 0. The quantitative estimate of drug-likeness (QED) is 0.263. The van der Waals surface area contributed by atoms with Crippen molar-refractivity contribution < 1.29 is 19.1 Å². The molecule has 0 saturated carbocycles. The lowest BCUT2D eigenvalue weighted by Gasteiger charge is -2.32. The van der Waals surface area contributed by atoms with Gasteiger partial charge in [0.2, 0.25) is 0 Å². The van der Waals surface area contributed by atoms with Gasteiger partial charge in [-0.15, -0.1) is 0 Å². The Labute approximate surface area is 115 Å². The van der Waals surface area contributed by atoms with Gasteiger partial charge in [-0.05, 0) is 12.8 Å². The molecule has 0 bridgehead atoms. The molecular formula is C15H24O4. The number of carbonyl (C=O) groups excluding carboxylic acids is 2. The second kappa shape index (κ2) is 9.36. The molecule has 0 spiro atoms. The molecule has 0 aromatic heterocycles. The predicted octanol–water partition coefficient (Wildman–Crippen LogP) is 3.52. The van der Waals surface area contributed by atoms with Crippen molar-refractivity contribution in [3.8, 4) is 0 Å². The fourth-order valence-corrected chi connectivity index (χ4v) is 1.83. The summed E-state index contributed by atoms with van der Waals surface area (Å²) >= 11 is 0. The van der Waals surface area contributed by atoms with Gasteiger partial charge in [-0.1, -0.05) is 39.8 Å². The van der Waals surface area contributed by atoms with E-state index in [0.717, 1.165) is 37.8 Å². The molecule has 0 fully saturated rings. The van der Waals surface area contributed by atoms with Crippen molar-refractivity contribution in [2.45, 2.75) is 58.2 Å². The Morgan fingerprint density at radius 2 is 1.47 bits per heavy atom. The van der Waals surface area contributed by atoms with Crippen LogP contribution in [0.2, 0.25) is 0 Å². The Morgan fingerprint density at radius 1 is 0.947 bits per heavy atom. The topological polar surface area (TPSA) is 52.6 Å². The summed E-state index contributed by atoms with van der Waals surface area (Å²) in [4.78, 5) is 22.9. The summed E-state index contributed by atoms with van der Waals surface area (Å²) in [5, 5.41) is 0. The number of carbonyl (C=O) groups is 2.